The zero-order chi connectivity index (χ0) is 7.72. The van der Waals surface area contributed by atoms with E-state index in [4.69, 9.17) is 11.6 Å². The first-order chi connectivity index (χ1) is 4.63. The highest BCUT2D eigenvalue weighted by Gasteiger charge is 2.00. The molecular formula is C8H9ClS. The molecule has 0 heterocycles. The fourth-order valence-corrected chi connectivity index (χ4v) is 1.22. The third-order valence-electron chi connectivity index (χ3n) is 1.65. The maximum absolute atomic E-state index is 5.81. The molecule has 0 fully saturated rings. The molecule has 0 atom stereocenters. The molecule has 0 radical (unpaired) electrons. The van der Waals surface area contributed by atoms with Gasteiger partial charge in [0.2, 0.25) is 0 Å². The van der Waals surface area contributed by atoms with Gasteiger partial charge in [0.05, 0.1) is 5.02 Å². The lowest BCUT2D eigenvalue weighted by Crippen LogP contribution is -1.82. The molecule has 54 valence electrons. The van der Waals surface area contributed by atoms with E-state index in [-0.39, 0.29) is 0 Å². The van der Waals surface area contributed by atoms with E-state index in [2.05, 4.69) is 12.6 Å². The van der Waals surface area contributed by atoms with E-state index in [9.17, 15) is 0 Å². The van der Waals surface area contributed by atoms with E-state index in [1.54, 1.807) is 0 Å². The number of benzene rings is 1. The smallest absolute Gasteiger partial charge is 0.0542 e. The highest BCUT2D eigenvalue weighted by Crippen LogP contribution is 2.25. The molecule has 0 aliphatic heterocycles. The summed E-state index contributed by atoms with van der Waals surface area (Å²) < 4.78 is 0. The van der Waals surface area contributed by atoms with E-state index in [0.29, 0.717) is 0 Å². The molecule has 0 N–H and O–H groups in total. The molecule has 0 saturated carbocycles. The molecular weight excluding hydrogens is 164 g/mol. The lowest BCUT2D eigenvalue weighted by atomic mass is 10.1. The van der Waals surface area contributed by atoms with Crippen molar-refractivity contribution < 1.29 is 0 Å². The number of halogens is 1. The highest BCUT2D eigenvalue weighted by atomic mass is 35.5. The molecule has 0 bridgehead atoms. The van der Waals surface area contributed by atoms with Crippen molar-refractivity contribution in [3.63, 3.8) is 0 Å². The molecule has 0 saturated heterocycles. The summed E-state index contributed by atoms with van der Waals surface area (Å²) >= 11 is 10.1. The van der Waals surface area contributed by atoms with Crippen LogP contribution in [-0.2, 0) is 0 Å². The summed E-state index contributed by atoms with van der Waals surface area (Å²) in [7, 11) is 0. The van der Waals surface area contributed by atoms with Gasteiger partial charge < -0.3 is 0 Å². The van der Waals surface area contributed by atoms with E-state index in [1.807, 2.05) is 26.0 Å². The zero-order valence-electron chi connectivity index (χ0n) is 5.98. The Morgan fingerprint density at radius 1 is 1.30 bits per heavy atom. The van der Waals surface area contributed by atoms with Gasteiger partial charge in [0.25, 0.3) is 0 Å². The van der Waals surface area contributed by atoms with Gasteiger partial charge in [0.1, 0.15) is 0 Å². The van der Waals surface area contributed by atoms with Crippen LogP contribution < -0.4 is 0 Å². The predicted molar refractivity (Wildman–Crippen MR) is 48.2 cm³/mol. The van der Waals surface area contributed by atoms with Crippen molar-refractivity contribution in [3.8, 4) is 0 Å². The summed E-state index contributed by atoms with van der Waals surface area (Å²) in [6.07, 6.45) is 0. The Hall–Kier alpha value is -0.140. The van der Waals surface area contributed by atoms with E-state index < -0.39 is 0 Å². The molecule has 10 heavy (non-hydrogen) atoms. The van der Waals surface area contributed by atoms with Gasteiger partial charge in [0, 0.05) is 4.90 Å². The van der Waals surface area contributed by atoms with Crippen molar-refractivity contribution in [3.05, 3.63) is 28.3 Å². The Bertz CT molecular complexity index is 229. The Morgan fingerprint density at radius 3 is 2.40 bits per heavy atom. The molecule has 0 unspecified atom stereocenters. The third kappa shape index (κ3) is 1.30. The Morgan fingerprint density at radius 2 is 1.90 bits per heavy atom. The van der Waals surface area contributed by atoms with Crippen molar-refractivity contribution >= 4 is 24.2 Å². The number of aryl methyl sites for hydroxylation is 1. The van der Waals surface area contributed by atoms with Crippen LogP contribution in [0.15, 0.2) is 17.0 Å². The van der Waals surface area contributed by atoms with Crippen LogP contribution >= 0.6 is 24.2 Å². The standard InChI is InChI=1S/C8H9ClS/c1-5-3-4-7(9)8(10)6(5)2/h3-4,10H,1-2H3. The normalized spacial score (nSPS) is 10.0. The zero-order valence-corrected chi connectivity index (χ0v) is 7.63. The van der Waals surface area contributed by atoms with Gasteiger partial charge in [-0.15, -0.1) is 12.6 Å². The Balaban J connectivity index is 3.34. The van der Waals surface area contributed by atoms with Crippen LogP contribution in [0.2, 0.25) is 5.02 Å². The molecule has 0 aliphatic carbocycles. The second-order valence-corrected chi connectivity index (χ2v) is 3.19. The summed E-state index contributed by atoms with van der Waals surface area (Å²) in [5.74, 6) is 0. The van der Waals surface area contributed by atoms with E-state index in [1.165, 1.54) is 5.56 Å². The molecule has 0 amide bonds. The molecule has 0 aliphatic rings. The van der Waals surface area contributed by atoms with Crippen LogP contribution in [0.5, 0.6) is 0 Å². The summed E-state index contributed by atoms with van der Waals surface area (Å²) in [4.78, 5) is 0.890. The van der Waals surface area contributed by atoms with Crippen LogP contribution in [-0.4, -0.2) is 0 Å². The molecule has 0 aromatic heterocycles. The first-order valence-corrected chi connectivity index (χ1v) is 3.90. The van der Waals surface area contributed by atoms with Crippen LogP contribution in [0.3, 0.4) is 0 Å². The van der Waals surface area contributed by atoms with Gasteiger partial charge in [-0.25, -0.2) is 0 Å². The van der Waals surface area contributed by atoms with Gasteiger partial charge >= 0.3 is 0 Å². The minimum absolute atomic E-state index is 0.728. The van der Waals surface area contributed by atoms with Crippen LogP contribution in [0.4, 0.5) is 0 Å². The summed E-state index contributed by atoms with van der Waals surface area (Å²) in [6, 6.07) is 3.86. The van der Waals surface area contributed by atoms with Crippen molar-refractivity contribution in [2.45, 2.75) is 18.7 Å². The van der Waals surface area contributed by atoms with Crippen LogP contribution in [0, 0.1) is 13.8 Å². The Labute approximate surface area is 71.6 Å². The second kappa shape index (κ2) is 2.85. The number of rotatable bonds is 0. The van der Waals surface area contributed by atoms with Crippen LogP contribution in [0.1, 0.15) is 11.1 Å². The molecule has 2 heteroatoms. The maximum atomic E-state index is 5.81. The minimum Gasteiger partial charge on any atom is -0.142 e. The SMILES string of the molecule is Cc1ccc(Cl)c(S)c1C. The molecule has 1 aromatic carbocycles. The van der Waals surface area contributed by atoms with E-state index in [0.717, 1.165) is 15.5 Å². The monoisotopic (exact) mass is 172 g/mol. The minimum atomic E-state index is 0.728. The fraction of sp³-hybridized carbons (Fsp3) is 0.250. The molecule has 0 spiro atoms. The number of hydrogen-bond donors (Lipinski definition) is 1. The summed E-state index contributed by atoms with van der Waals surface area (Å²) in [5, 5.41) is 0.728. The van der Waals surface area contributed by atoms with Gasteiger partial charge in [-0.2, -0.15) is 0 Å². The number of thiol groups is 1. The van der Waals surface area contributed by atoms with Gasteiger partial charge in [-0.05, 0) is 31.0 Å². The van der Waals surface area contributed by atoms with Crippen molar-refractivity contribution in [1.29, 1.82) is 0 Å². The van der Waals surface area contributed by atoms with Crippen molar-refractivity contribution in [2.75, 3.05) is 0 Å². The quantitative estimate of drug-likeness (QED) is 0.571. The predicted octanol–water partition coefficient (Wildman–Crippen LogP) is 3.25. The third-order valence-corrected chi connectivity index (χ3v) is 2.68. The largest absolute Gasteiger partial charge is 0.142 e. The summed E-state index contributed by atoms with van der Waals surface area (Å²) in [5.41, 5.74) is 2.39. The molecule has 1 rings (SSSR count). The lowest BCUT2D eigenvalue weighted by Gasteiger charge is -2.03. The first-order valence-electron chi connectivity index (χ1n) is 3.07. The number of hydrogen-bond acceptors (Lipinski definition) is 1. The molecule has 0 nitrogen and oxygen atoms in total. The first kappa shape index (κ1) is 7.96. The average Bonchev–Trinajstić information content (AvgIpc) is 1.93. The fourth-order valence-electron chi connectivity index (χ4n) is 0.768. The van der Waals surface area contributed by atoms with Crippen LogP contribution in [0.25, 0.3) is 0 Å². The molecule has 1 aromatic rings. The maximum Gasteiger partial charge on any atom is 0.0542 e. The van der Waals surface area contributed by atoms with Crippen molar-refractivity contribution in [2.24, 2.45) is 0 Å². The average molecular weight is 173 g/mol. The van der Waals surface area contributed by atoms with E-state index >= 15 is 0 Å². The van der Waals surface area contributed by atoms with Gasteiger partial charge in [0.15, 0.2) is 0 Å². The Kier molecular flexibility index (Phi) is 2.27. The highest BCUT2D eigenvalue weighted by molar-refractivity contribution is 7.80. The lowest BCUT2D eigenvalue weighted by molar-refractivity contribution is 1.24. The summed E-state index contributed by atoms with van der Waals surface area (Å²) in [6.45, 7) is 4.06. The second-order valence-electron chi connectivity index (χ2n) is 2.34. The topological polar surface area (TPSA) is 0 Å². The van der Waals surface area contributed by atoms with Gasteiger partial charge in [-0.3, -0.25) is 0 Å². The van der Waals surface area contributed by atoms with Gasteiger partial charge in [-0.1, -0.05) is 17.7 Å². The van der Waals surface area contributed by atoms with Crippen molar-refractivity contribution in [1.82, 2.24) is 0 Å².